The van der Waals surface area contributed by atoms with E-state index in [1.54, 1.807) is 0 Å². The van der Waals surface area contributed by atoms with Crippen LogP contribution >= 0.6 is 23.3 Å². The van der Waals surface area contributed by atoms with Crippen molar-refractivity contribution in [2.45, 2.75) is 38.1 Å². The Kier molecular flexibility index (Phi) is 3.16. The lowest BCUT2D eigenvalue weighted by atomic mass is 9.95. The number of nitrogens with zero attached hydrogens (tertiary/aromatic N) is 2. The summed E-state index contributed by atoms with van der Waals surface area (Å²) in [6, 6.07) is 4.36. The Hall–Kier alpha value is -0.870. The Morgan fingerprint density at radius 3 is 2.82 bits per heavy atom. The molecule has 1 aromatic heterocycles. The first-order valence-corrected chi connectivity index (χ1v) is 7.13. The average Bonchev–Trinajstić information content (AvgIpc) is 2.83. The van der Waals surface area contributed by atoms with E-state index in [0.717, 1.165) is 21.7 Å². The summed E-state index contributed by atoms with van der Waals surface area (Å²) >= 11 is 7.49. The fraction of sp³-hybridized carbons (Fsp3) is 0.500. The van der Waals surface area contributed by atoms with Crippen LogP contribution in [0.2, 0.25) is 5.02 Å². The third kappa shape index (κ3) is 2.24. The Bertz CT molecular complexity index is 519. The Balaban J connectivity index is 1.92. The molecule has 0 unspecified atom stereocenters. The maximum Gasteiger partial charge on any atom is 0.129 e. The zero-order valence-electron chi connectivity index (χ0n) is 9.45. The lowest BCUT2D eigenvalue weighted by Crippen LogP contribution is -2.22. The predicted octanol–water partition coefficient (Wildman–Crippen LogP) is 4.09. The highest BCUT2D eigenvalue weighted by molar-refractivity contribution is 7.00. The van der Waals surface area contributed by atoms with Crippen LogP contribution in [0.3, 0.4) is 0 Å². The summed E-state index contributed by atoms with van der Waals surface area (Å²) in [5.41, 5.74) is 2.80. The number of hydrogen-bond donors (Lipinski definition) is 1. The van der Waals surface area contributed by atoms with Crippen molar-refractivity contribution in [1.82, 2.24) is 8.75 Å². The Morgan fingerprint density at radius 1 is 1.18 bits per heavy atom. The summed E-state index contributed by atoms with van der Waals surface area (Å²) in [6.07, 6.45) is 6.42. The molecule has 1 aromatic carbocycles. The quantitative estimate of drug-likeness (QED) is 0.891. The van der Waals surface area contributed by atoms with Crippen LogP contribution in [0.5, 0.6) is 0 Å². The van der Waals surface area contributed by atoms with Crippen molar-refractivity contribution in [3.8, 4) is 0 Å². The number of nitrogens with one attached hydrogen (secondary N) is 1. The van der Waals surface area contributed by atoms with E-state index in [2.05, 4.69) is 14.1 Å². The van der Waals surface area contributed by atoms with E-state index in [1.165, 1.54) is 43.8 Å². The van der Waals surface area contributed by atoms with E-state index >= 15 is 0 Å². The number of rotatable bonds is 2. The minimum absolute atomic E-state index is 0.536. The van der Waals surface area contributed by atoms with Gasteiger partial charge in [-0.1, -0.05) is 30.9 Å². The molecule has 5 heteroatoms. The van der Waals surface area contributed by atoms with Crippen LogP contribution < -0.4 is 5.32 Å². The van der Waals surface area contributed by atoms with Crippen molar-refractivity contribution >= 4 is 40.0 Å². The zero-order chi connectivity index (χ0) is 11.7. The van der Waals surface area contributed by atoms with Crippen LogP contribution in [0.4, 0.5) is 5.69 Å². The second kappa shape index (κ2) is 4.78. The summed E-state index contributed by atoms with van der Waals surface area (Å²) in [5, 5.41) is 4.30. The minimum atomic E-state index is 0.536. The van der Waals surface area contributed by atoms with Gasteiger partial charge in [-0.15, -0.1) is 0 Å². The molecule has 1 saturated carbocycles. The molecular weight excluding hydrogens is 254 g/mol. The molecule has 0 aliphatic heterocycles. The Morgan fingerprint density at radius 2 is 2.00 bits per heavy atom. The van der Waals surface area contributed by atoms with Gasteiger partial charge < -0.3 is 5.32 Å². The van der Waals surface area contributed by atoms with Crippen LogP contribution in [-0.2, 0) is 0 Å². The smallest absolute Gasteiger partial charge is 0.129 e. The zero-order valence-corrected chi connectivity index (χ0v) is 11.0. The lowest BCUT2D eigenvalue weighted by Gasteiger charge is -2.24. The molecule has 17 heavy (non-hydrogen) atoms. The van der Waals surface area contributed by atoms with Gasteiger partial charge in [-0.3, -0.25) is 0 Å². The van der Waals surface area contributed by atoms with E-state index in [1.807, 2.05) is 12.1 Å². The third-order valence-corrected chi connectivity index (χ3v) is 4.19. The highest BCUT2D eigenvalue weighted by atomic mass is 35.5. The summed E-state index contributed by atoms with van der Waals surface area (Å²) in [4.78, 5) is 0. The van der Waals surface area contributed by atoms with Gasteiger partial charge in [0.05, 0.1) is 22.4 Å². The van der Waals surface area contributed by atoms with Crippen molar-refractivity contribution in [1.29, 1.82) is 0 Å². The average molecular weight is 268 g/mol. The fourth-order valence-corrected chi connectivity index (χ4v) is 3.16. The lowest BCUT2D eigenvalue weighted by molar-refractivity contribution is 0.463. The molecule has 0 spiro atoms. The SMILES string of the molecule is Clc1ccc2nsnc2c1NC1CCCCC1. The van der Waals surface area contributed by atoms with Crippen LogP contribution in [0.15, 0.2) is 12.1 Å². The van der Waals surface area contributed by atoms with E-state index in [9.17, 15) is 0 Å². The van der Waals surface area contributed by atoms with E-state index < -0.39 is 0 Å². The molecule has 1 aliphatic carbocycles. The molecule has 1 aliphatic rings. The normalized spacial score (nSPS) is 17.5. The highest BCUT2D eigenvalue weighted by Crippen LogP contribution is 2.32. The topological polar surface area (TPSA) is 37.8 Å². The second-order valence-corrected chi connectivity index (χ2v) is 5.47. The molecule has 1 N–H and O–H groups in total. The van der Waals surface area contributed by atoms with Crippen LogP contribution in [0.25, 0.3) is 11.0 Å². The minimum Gasteiger partial charge on any atom is -0.379 e. The number of halogens is 1. The van der Waals surface area contributed by atoms with Gasteiger partial charge in [0, 0.05) is 6.04 Å². The second-order valence-electron chi connectivity index (χ2n) is 4.53. The van der Waals surface area contributed by atoms with Gasteiger partial charge in [0.15, 0.2) is 0 Å². The maximum atomic E-state index is 6.25. The molecule has 1 fully saturated rings. The fourth-order valence-electron chi connectivity index (χ4n) is 2.42. The Labute approximate surface area is 110 Å². The number of benzene rings is 1. The summed E-state index contributed by atoms with van der Waals surface area (Å²) in [7, 11) is 0. The molecule has 0 radical (unpaired) electrons. The van der Waals surface area contributed by atoms with Gasteiger partial charge >= 0.3 is 0 Å². The number of anilines is 1. The predicted molar refractivity (Wildman–Crippen MR) is 72.9 cm³/mol. The molecule has 90 valence electrons. The van der Waals surface area contributed by atoms with Crippen molar-refractivity contribution < 1.29 is 0 Å². The van der Waals surface area contributed by atoms with Gasteiger partial charge in [-0.2, -0.15) is 8.75 Å². The summed E-state index contributed by atoms with van der Waals surface area (Å²) in [5.74, 6) is 0. The number of fused-ring (bicyclic) bond motifs is 1. The first-order chi connectivity index (χ1) is 8.34. The van der Waals surface area contributed by atoms with Crippen molar-refractivity contribution in [3.05, 3.63) is 17.2 Å². The standard InChI is InChI=1S/C12H14ClN3S/c13-9-6-7-10-12(16-17-15-10)11(9)14-8-4-2-1-3-5-8/h6-8,14H,1-5H2. The van der Waals surface area contributed by atoms with Crippen LogP contribution in [0, 0.1) is 0 Å². The highest BCUT2D eigenvalue weighted by Gasteiger charge is 2.17. The van der Waals surface area contributed by atoms with Crippen LogP contribution in [0.1, 0.15) is 32.1 Å². The molecule has 0 bridgehead atoms. The van der Waals surface area contributed by atoms with Gasteiger partial charge in [-0.05, 0) is 25.0 Å². The van der Waals surface area contributed by atoms with Gasteiger partial charge in [0.25, 0.3) is 0 Å². The molecule has 2 aromatic rings. The van der Waals surface area contributed by atoms with Gasteiger partial charge in [-0.25, -0.2) is 0 Å². The van der Waals surface area contributed by atoms with Crippen molar-refractivity contribution in [3.63, 3.8) is 0 Å². The van der Waals surface area contributed by atoms with E-state index in [0.29, 0.717) is 6.04 Å². The van der Waals surface area contributed by atoms with Crippen LogP contribution in [-0.4, -0.2) is 14.8 Å². The first-order valence-electron chi connectivity index (χ1n) is 6.02. The largest absolute Gasteiger partial charge is 0.379 e. The van der Waals surface area contributed by atoms with E-state index in [4.69, 9.17) is 11.6 Å². The van der Waals surface area contributed by atoms with Crippen molar-refractivity contribution in [2.75, 3.05) is 5.32 Å². The van der Waals surface area contributed by atoms with Gasteiger partial charge in [0.2, 0.25) is 0 Å². The number of aromatic nitrogens is 2. The maximum absolute atomic E-state index is 6.25. The molecule has 0 amide bonds. The molecule has 3 rings (SSSR count). The van der Waals surface area contributed by atoms with Gasteiger partial charge in [0.1, 0.15) is 11.0 Å². The third-order valence-electron chi connectivity index (χ3n) is 3.33. The summed E-state index contributed by atoms with van der Waals surface area (Å²) in [6.45, 7) is 0. The molecule has 0 atom stereocenters. The monoisotopic (exact) mass is 267 g/mol. The summed E-state index contributed by atoms with van der Waals surface area (Å²) < 4.78 is 8.57. The molecule has 1 heterocycles. The molecule has 3 nitrogen and oxygen atoms in total. The first kappa shape index (κ1) is 11.2. The van der Waals surface area contributed by atoms with E-state index in [-0.39, 0.29) is 0 Å². The number of hydrogen-bond acceptors (Lipinski definition) is 4. The molecule has 0 saturated heterocycles. The van der Waals surface area contributed by atoms with Crippen molar-refractivity contribution in [2.24, 2.45) is 0 Å². The molecular formula is C12H14ClN3S.